The Morgan fingerprint density at radius 3 is 1.95 bits per heavy atom. The molecule has 0 atom stereocenters. The van der Waals surface area contributed by atoms with E-state index in [1.54, 1.807) is 6.08 Å². The topological polar surface area (TPSA) is 46.2 Å². The molecule has 0 saturated carbocycles. The zero-order valence-electron chi connectivity index (χ0n) is 11.7. The molecule has 1 fully saturated rings. The molecule has 1 aliphatic heterocycles. The predicted octanol–water partition coefficient (Wildman–Crippen LogP) is 4.18. The zero-order valence-corrected chi connectivity index (χ0v) is 12.5. The maximum atomic E-state index is 11.5. The largest absolute Gasteiger partial charge is 0.290 e. The van der Waals surface area contributed by atoms with Crippen LogP contribution in [0.2, 0.25) is 0 Å². The lowest BCUT2D eigenvalue weighted by Crippen LogP contribution is -2.17. The van der Waals surface area contributed by atoms with E-state index in [0.29, 0.717) is 4.91 Å². The maximum absolute atomic E-state index is 11.5. The third-order valence-corrected chi connectivity index (χ3v) is 3.95. The van der Waals surface area contributed by atoms with Crippen LogP contribution in [0.1, 0.15) is 16.7 Å². The Kier molecular flexibility index (Phi) is 4.21. The second kappa shape index (κ2) is 6.45. The van der Waals surface area contributed by atoms with Crippen LogP contribution >= 0.6 is 11.8 Å². The number of amides is 2. The van der Waals surface area contributed by atoms with Crippen molar-refractivity contribution < 1.29 is 9.59 Å². The molecule has 4 heteroatoms. The van der Waals surface area contributed by atoms with E-state index in [9.17, 15) is 9.59 Å². The van der Waals surface area contributed by atoms with Gasteiger partial charge < -0.3 is 0 Å². The number of hydrogen-bond acceptors (Lipinski definition) is 3. The predicted molar refractivity (Wildman–Crippen MR) is 90.9 cm³/mol. The SMILES string of the molecule is O=C1NC(=O)C(=Cc2ccc(C=Cc3ccccc3)cc2)S1. The van der Waals surface area contributed by atoms with Crippen LogP contribution < -0.4 is 5.32 Å². The van der Waals surface area contributed by atoms with E-state index in [0.717, 1.165) is 28.5 Å². The van der Waals surface area contributed by atoms with Crippen LogP contribution in [-0.2, 0) is 4.79 Å². The minimum atomic E-state index is -0.331. The Labute approximate surface area is 132 Å². The van der Waals surface area contributed by atoms with Gasteiger partial charge in [-0.1, -0.05) is 66.7 Å². The van der Waals surface area contributed by atoms with Gasteiger partial charge in [-0.3, -0.25) is 14.9 Å². The summed E-state index contributed by atoms with van der Waals surface area (Å²) in [5.41, 5.74) is 3.11. The first-order valence-electron chi connectivity index (χ1n) is 6.79. The van der Waals surface area contributed by atoms with Crippen molar-refractivity contribution in [3.05, 3.63) is 76.2 Å². The van der Waals surface area contributed by atoms with Gasteiger partial charge >= 0.3 is 0 Å². The van der Waals surface area contributed by atoms with E-state index in [-0.39, 0.29) is 11.1 Å². The lowest BCUT2D eigenvalue weighted by molar-refractivity contribution is -0.115. The second-order valence-corrected chi connectivity index (χ2v) is 5.78. The molecule has 0 aliphatic carbocycles. The van der Waals surface area contributed by atoms with Gasteiger partial charge in [0.05, 0.1) is 4.91 Å². The Hall–Kier alpha value is -2.59. The van der Waals surface area contributed by atoms with E-state index in [1.165, 1.54) is 0 Å². The van der Waals surface area contributed by atoms with Crippen LogP contribution in [0.15, 0.2) is 59.5 Å². The summed E-state index contributed by atoms with van der Waals surface area (Å²) in [6.07, 6.45) is 5.80. The van der Waals surface area contributed by atoms with Gasteiger partial charge in [0.2, 0.25) is 0 Å². The van der Waals surface area contributed by atoms with Crippen LogP contribution in [0.3, 0.4) is 0 Å². The Bertz CT molecular complexity index is 761. The molecule has 1 aliphatic rings. The standard InChI is InChI=1S/C18H13NO2S/c20-17-16(22-18(21)19-17)12-15-10-8-14(9-11-15)7-6-13-4-2-1-3-5-13/h1-12H,(H,19,20,21). The van der Waals surface area contributed by atoms with Gasteiger partial charge in [-0.05, 0) is 34.5 Å². The highest BCUT2D eigenvalue weighted by atomic mass is 32.2. The summed E-state index contributed by atoms with van der Waals surface area (Å²) >= 11 is 0.928. The molecule has 3 rings (SSSR count). The smallest absolute Gasteiger partial charge is 0.282 e. The zero-order chi connectivity index (χ0) is 15.4. The van der Waals surface area contributed by atoms with Crippen molar-refractivity contribution in [3.8, 4) is 0 Å². The highest BCUT2D eigenvalue weighted by molar-refractivity contribution is 8.18. The molecule has 1 saturated heterocycles. The molecule has 0 radical (unpaired) electrons. The lowest BCUT2D eigenvalue weighted by atomic mass is 10.1. The molecule has 22 heavy (non-hydrogen) atoms. The number of nitrogens with one attached hydrogen (secondary N) is 1. The molecular weight excluding hydrogens is 294 g/mol. The fourth-order valence-electron chi connectivity index (χ4n) is 2.03. The molecule has 1 N–H and O–H groups in total. The van der Waals surface area contributed by atoms with Crippen LogP contribution in [0.25, 0.3) is 18.2 Å². The van der Waals surface area contributed by atoms with Crippen molar-refractivity contribution in [1.82, 2.24) is 5.32 Å². The van der Waals surface area contributed by atoms with Crippen molar-refractivity contribution in [2.75, 3.05) is 0 Å². The first-order valence-corrected chi connectivity index (χ1v) is 7.60. The van der Waals surface area contributed by atoms with E-state index >= 15 is 0 Å². The molecule has 0 bridgehead atoms. The van der Waals surface area contributed by atoms with Gasteiger partial charge in [0.15, 0.2) is 0 Å². The summed E-state index contributed by atoms with van der Waals surface area (Å²) in [5.74, 6) is -0.331. The average molecular weight is 307 g/mol. The van der Waals surface area contributed by atoms with Gasteiger partial charge in [-0.2, -0.15) is 0 Å². The van der Waals surface area contributed by atoms with E-state index in [1.807, 2.05) is 66.7 Å². The molecular formula is C18H13NO2S. The van der Waals surface area contributed by atoms with Crippen LogP contribution in [-0.4, -0.2) is 11.1 Å². The maximum Gasteiger partial charge on any atom is 0.290 e. The van der Waals surface area contributed by atoms with Crippen molar-refractivity contribution in [2.45, 2.75) is 0 Å². The van der Waals surface area contributed by atoms with Gasteiger partial charge in [-0.15, -0.1) is 0 Å². The van der Waals surface area contributed by atoms with Crippen molar-refractivity contribution in [2.24, 2.45) is 0 Å². The third kappa shape index (κ3) is 3.54. The average Bonchev–Trinajstić information content (AvgIpc) is 2.85. The minimum absolute atomic E-state index is 0.321. The molecule has 3 nitrogen and oxygen atoms in total. The molecule has 2 aromatic rings. The van der Waals surface area contributed by atoms with Gasteiger partial charge in [0.25, 0.3) is 11.1 Å². The molecule has 0 spiro atoms. The Morgan fingerprint density at radius 1 is 0.773 bits per heavy atom. The first-order chi connectivity index (χ1) is 10.7. The summed E-state index contributed by atoms with van der Waals surface area (Å²) in [6, 6.07) is 17.9. The highest BCUT2D eigenvalue weighted by Gasteiger charge is 2.24. The van der Waals surface area contributed by atoms with E-state index < -0.39 is 0 Å². The molecule has 0 unspecified atom stereocenters. The van der Waals surface area contributed by atoms with Crippen molar-refractivity contribution in [1.29, 1.82) is 0 Å². The molecule has 2 amide bonds. The van der Waals surface area contributed by atoms with Crippen LogP contribution in [0, 0.1) is 0 Å². The number of carbonyl (C=O) groups excluding carboxylic acids is 2. The number of imide groups is 1. The summed E-state index contributed by atoms with van der Waals surface area (Å²) in [5, 5.41) is 1.92. The Balaban J connectivity index is 1.73. The fraction of sp³-hybridized carbons (Fsp3) is 0. The normalized spacial score (nSPS) is 16.5. The number of hydrogen-bond donors (Lipinski definition) is 1. The van der Waals surface area contributed by atoms with Gasteiger partial charge in [0, 0.05) is 0 Å². The number of carbonyl (C=O) groups is 2. The highest BCUT2D eigenvalue weighted by Crippen LogP contribution is 2.25. The quantitative estimate of drug-likeness (QED) is 0.683. The van der Waals surface area contributed by atoms with Gasteiger partial charge in [0.1, 0.15) is 0 Å². The second-order valence-electron chi connectivity index (χ2n) is 4.76. The Morgan fingerprint density at radius 2 is 1.36 bits per heavy atom. The van der Waals surface area contributed by atoms with E-state index in [4.69, 9.17) is 0 Å². The van der Waals surface area contributed by atoms with Crippen LogP contribution in [0.4, 0.5) is 4.79 Å². The summed E-state index contributed by atoms with van der Waals surface area (Å²) in [7, 11) is 0. The third-order valence-electron chi connectivity index (χ3n) is 3.14. The summed E-state index contributed by atoms with van der Waals surface area (Å²) in [6.45, 7) is 0. The number of thioether (sulfide) groups is 1. The van der Waals surface area contributed by atoms with E-state index in [2.05, 4.69) is 5.32 Å². The molecule has 2 aromatic carbocycles. The molecule has 1 heterocycles. The minimum Gasteiger partial charge on any atom is -0.282 e. The van der Waals surface area contributed by atoms with Crippen molar-refractivity contribution in [3.63, 3.8) is 0 Å². The lowest BCUT2D eigenvalue weighted by Gasteiger charge is -1.98. The first kappa shape index (κ1) is 14.4. The molecule has 108 valence electrons. The fourth-order valence-corrected chi connectivity index (χ4v) is 2.71. The monoisotopic (exact) mass is 307 g/mol. The number of rotatable bonds is 3. The number of benzene rings is 2. The molecule has 0 aromatic heterocycles. The van der Waals surface area contributed by atoms with Crippen LogP contribution in [0.5, 0.6) is 0 Å². The van der Waals surface area contributed by atoms with Gasteiger partial charge in [-0.25, -0.2) is 0 Å². The summed E-state index contributed by atoms with van der Waals surface area (Å²) in [4.78, 5) is 23.0. The summed E-state index contributed by atoms with van der Waals surface area (Å²) < 4.78 is 0. The van der Waals surface area contributed by atoms with Crippen molar-refractivity contribution >= 4 is 41.1 Å².